The molecular weight excluding hydrogens is 422 g/mol. The molecule has 2 N–H and O–H groups in total. The molecule has 7 heteroatoms. The van der Waals surface area contributed by atoms with Gasteiger partial charge in [-0.05, 0) is 36.0 Å². The number of benzene rings is 2. The van der Waals surface area contributed by atoms with Crippen LogP contribution in [0.25, 0.3) is 11.0 Å². The van der Waals surface area contributed by atoms with Crippen molar-refractivity contribution in [3.63, 3.8) is 0 Å². The van der Waals surface area contributed by atoms with E-state index >= 15 is 0 Å². The van der Waals surface area contributed by atoms with Crippen LogP contribution in [-0.2, 0) is 6.54 Å². The zero-order valence-electron chi connectivity index (χ0n) is 14.7. The highest BCUT2D eigenvalue weighted by Crippen LogP contribution is 2.26. The maximum absolute atomic E-state index is 5.34. The third-order valence-electron chi connectivity index (χ3n) is 4.43. The minimum Gasteiger partial charge on any atom is -0.341 e. The summed E-state index contributed by atoms with van der Waals surface area (Å²) in [5.41, 5.74) is 3.00. The summed E-state index contributed by atoms with van der Waals surface area (Å²) < 4.78 is 3.35. The minimum atomic E-state index is 0.315. The molecule has 27 heavy (non-hydrogen) atoms. The highest BCUT2D eigenvalue weighted by Gasteiger charge is 2.13. The van der Waals surface area contributed by atoms with Crippen LogP contribution in [0.4, 0.5) is 11.5 Å². The van der Waals surface area contributed by atoms with Crippen molar-refractivity contribution in [2.75, 3.05) is 5.32 Å². The van der Waals surface area contributed by atoms with Gasteiger partial charge < -0.3 is 10.3 Å². The van der Waals surface area contributed by atoms with Gasteiger partial charge >= 0.3 is 0 Å². The molecule has 2 aromatic carbocycles. The van der Waals surface area contributed by atoms with E-state index in [-0.39, 0.29) is 0 Å². The van der Waals surface area contributed by atoms with Gasteiger partial charge in [-0.15, -0.1) is 0 Å². The number of H-pyrrole nitrogens is 1. The summed E-state index contributed by atoms with van der Waals surface area (Å²) >= 11 is 8.84. The minimum absolute atomic E-state index is 0.315. The van der Waals surface area contributed by atoms with Crippen LogP contribution in [0.5, 0.6) is 0 Å². The van der Waals surface area contributed by atoms with E-state index in [9.17, 15) is 0 Å². The van der Waals surface area contributed by atoms with Crippen molar-refractivity contribution in [1.82, 2.24) is 19.7 Å². The molecular formula is C20H18BrN5S. The first-order valence-electron chi connectivity index (χ1n) is 8.63. The number of aromatic nitrogens is 4. The highest BCUT2D eigenvalue weighted by molar-refractivity contribution is 9.10. The number of aromatic amines is 1. The van der Waals surface area contributed by atoms with Crippen LogP contribution in [0.2, 0.25) is 0 Å². The Balaban J connectivity index is 1.69. The summed E-state index contributed by atoms with van der Waals surface area (Å²) in [7, 11) is 0. The standard InChI is InChI=1S/C20H18BrN5S/c1-13(14-6-3-2-4-7-14)12-26-19-17(11-22-26)18(24-20(27)25-19)23-16-9-5-8-15(21)10-16/h2-11,13H,12H2,1H3,(H2,23,24,25,27). The van der Waals surface area contributed by atoms with Gasteiger partial charge in [-0.1, -0.05) is 59.3 Å². The first-order valence-corrected chi connectivity index (χ1v) is 9.83. The molecule has 1 atom stereocenters. The Kier molecular flexibility index (Phi) is 5.05. The molecule has 2 heterocycles. The Morgan fingerprint density at radius 2 is 2.00 bits per heavy atom. The predicted octanol–water partition coefficient (Wildman–Crippen LogP) is 5.80. The van der Waals surface area contributed by atoms with Gasteiger partial charge in [0.1, 0.15) is 5.82 Å². The summed E-state index contributed by atoms with van der Waals surface area (Å²) in [4.78, 5) is 7.65. The lowest BCUT2D eigenvalue weighted by Crippen LogP contribution is -2.08. The van der Waals surface area contributed by atoms with E-state index in [1.54, 1.807) is 0 Å². The molecule has 1 unspecified atom stereocenters. The summed E-state index contributed by atoms with van der Waals surface area (Å²) in [5, 5.41) is 8.85. The lowest BCUT2D eigenvalue weighted by atomic mass is 10.0. The molecule has 0 fully saturated rings. The fourth-order valence-electron chi connectivity index (χ4n) is 3.06. The van der Waals surface area contributed by atoms with Gasteiger partial charge in [-0.2, -0.15) is 5.10 Å². The van der Waals surface area contributed by atoms with Crippen LogP contribution in [-0.4, -0.2) is 19.7 Å². The number of nitrogens with zero attached hydrogens (tertiary/aromatic N) is 3. The molecule has 2 aromatic heterocycles. The van der Waals surface area contributed by atoms with E-state index in [0.717, 1.165) is 33.6 Å². The molecule has 0 radical (unpaired) electrons. The second kappa shape index (κ2) is 7.62. The van der Waals surface area contributed by atoms with E-state index in [1.165, 1.54) is 5.56 Å². The van der Waals surface area contributed by atoms with Gasteiger partial charge in [0.05, 0.1) is 11.6 Å². The predicted molar refractivity (Wildman–Crippen MR) is 115 cm³/mol. The van der Waals surface area contributed by atoms with Crippen molar-refractivity contribution >= 4 is 50.7 Å². The number of fused-ring (bicyclic) bond motifs is 1. The van der Waals surface area contributed by atoms with Crippen LogP contribution >= 0.6 is 28.1 Å². The van der Waals surface area contributed by atoms with E-state index in [1.807, 2.05) is 41.2 Å². The van der Waals surface area contributed by atoms with Crippen molar-refractivity contribution < 1.29 is 0 Å². The number of hydrogen-bond donors (Lipinski definition) is 2. The highest BCUT2D eigenvalue weighted by atomic mass is 79.9. The first-order chi connectivity index (χ1) is 13.1. The molecule has 0 saturated carbocycles. The molecule has 5 nitrogen and oxygen atoms in total. The maximum Gasteiger partial charge on any atom is 0.200 e. The smallest absolute Gasteiger partial charge is 0.200 e. The number of hydrogen-bond acceptors (Lipinski definition) is 4. The second-order valence-corrected chi connectivity index (χ2v) is 7.73. The second-order valence-electron chi connectivity index (χ2n) is 6.43. The SMILES string of the molecule is CC(Cn1ncc2c(Nc3cccc(Br)c3)[nH]c(=S)nc21)c1ccccc1. The number of halogens is 1. The molecule has 0 aliphatic carbocycles. The van der Waals surface area contributed by atoms with Crippen LogP contribution in [0.3, 0.4) is 0 Å². The Labute approximate surface area is 170 Å². The first kappa shape index (κ1) is 17.9. The average Bonchev–Trinajstić information content (AvgIpc) is 3.05. The summed E-state index contributed by atoms with van der Waals surface area (Å²) in [6.07, 6.45) is 1.83. The third kappa shape index (κ3) is 3.94. The molecule has 0 bridgehead atoms. The number of rotatable bonds is 5. The third-order valence-corrected chi connectivity index (χ3v) is 5.12. The Hall–Kier alpha value is -2.51. The molecule has 4 rings (SSSR count). The zero-order valence-corrected chi connectivity index (χ0v) is 17.1. The molecule has 4 aromatic rings. The summed E-state index contributed by atoms with van der Waals surface area (Å²) in [6.45, 7) is 2.92. The maximum atomic E-state index is 5.34. The lowest BCUT2D eigenvalue weighted by Gasteiger charge is -2.13. The molecule has 0 aliphatic rings. The molecule has 0 aliphatic heterocycles. The van der Waals surface area contributed by atoms with Gasteiger partial charge in [0.2, 0.25) is 0 Å². The zero-order chi connectivity index (χ0) is 18.8. The number of nitrogens with one attached hydrogen (secondary N) is 2. The lowest BCUT2D eigenvalue weighted by molar-refractivity contribution is 0.554. The van der Waals surface area contributed by atoms with Crippen LogP contribution in [0.1, 0.15) is 18.4 Å². The fourth-order valence-corrected chi connectivity index (χ4v) is 3.65. The van der Waals surface area contributed by atoms with E-state index in [4.69, 9.17) is 12.2 Å². The van der Waals surface area contributed by atoms with Gasteiger partial charge in [0.25, 0.3) is 0 Å². The van der Waals surface area contributed by atoms with Gasteiger partial charge in [-0.3, -0.25) is 0 Å². The summed E-state index contributed by atoms with van der Waals surface area (Å²) in [5.74, 6) is 1.11. The quantitative estimate of drug-likeness (QED) is 0.385. The van der Waals surface area contributed by atoms with E-state index in [0.29, 0.717) is 10.7 Å². The van der Waals surface area contributed by atoms with Crippen molar-refractivity contribution in [3.8, 4) is 0 Å². The largest absolute Gasteiger partial charge is 0.341 e. The van der Waals surface area contributed by atoms with Gasteiger partial charge in [-0.25, -0.2) is 9.67 Å². The van der Waals surface area contributed by atoms with Gasteiger partial charge in [0.15, 0.2) is 10.4 Å². The Bertz CT molecular complexity index is 1140. The molecule has 0 spiro atoms. The van der Waals surface area contributed by atoms with Crippen molar-refractivity contribution in [2.24, 2.45) is 0 Å². The fraction of sp³-hybridized carbons (Fsp3) is 0.150. The number of anilines is 2. The molecule has 0 saturated heterocycles. The normalized spacial score (nSPS) is 12.2. The van der Waals surface area contributed by atoms with Crippen molar-refractivity contribution in [3.05, 3.63) is 75.6 Å². The Morgan fingerprint density at radius 3 is 2.78 bits per heavy atom. The monoisotopic (exact) mass is 439 g/mol. The van der Waals surface area contributed by atoms with Crippen molar-refractivity contribution in [2.45, 2.75) is 19.4 Å². The Morgan fingerprint density at radius 1 is 1.19 bits per heavy atom. The van der Waals surface area contributed by atoms with Crippen LogP contribution in [0.15, 0.2) is 65.3 Å². The molecule has 0 amide bonds. The van der Waals surface area contributed by atoms with Crippen LogP contribution < -0.4 is 5.32 Å². The van der Waals surface area contributed by atoms with E-state index < -0.39 is 0 Å². The van der Waals surface area contributed by atoms with Crippen molar-refractivity contribution in [1.29, 1.82) is 0 Å². The average molecular weight is 440 g/mol. The topological polar surface area (TPSA) is 58.5 Å². The summed E-state index contributed by atoms with van der Waals surface area (Å²) in [6, 6.07) is 18.4. The van der Waals surface area contributed by atoms with Crippen LogP contribution in [0, 0.1) is 4.77 Å². The van der Waals surface area contributed by atoms with E-state index in [2.05, 4.69) is 67.5 Å². The van der Waals surface area contributed by atoms with Gasteiger partial charge in [0, 0.05) is 22.6 Å². The molecule has 136 valence electrons.